The molecule has 1 aromatic rings. The Morgan fingerprint density at radius 3 is 2.37 bits per heavy atom. The molecule has 1 aliphatic rings. The van der Waals surface area contributed by atoms with Crippen molar-refractivity contribution in [2.45, 2.75) is 56.7 Å². The van der Waals surface area contributed by atoms with Gasteiger partial charge in [0.1, 0.15) is 0 Å². The van der Waals surface area contributed by atoms with E-state index in [9.17, 15) is 19.0 Å². The molecule has 2 N–H and O–H groups in total. The Morgan fingerprint density at radius 2 is 1.74 bits per heavy atom. The van der Waals surface area contributed by atoms with Gasteiger partial charge in [0.2, 0.25) is 0 Å². The molecule has 1 atom stereocenters. The van der Waals surface area contributed by atoms with Crippen molar-refractivity contribution in [2.75, 3.05) is 0 Å². The predicted molar refractivity (Wildman–Crippen MR) is 68.7 cm³/mol. The van der Waals surface area contributed by atoms with Crippen molar-refractivity contribution in [1.29, 1.82) is 0 Å². The summed E-state index contributed by atoms with van der Waals surface area (Å²) in [5.74, 6) is -1.85. The molecule has 0 amide bonds. The second kappa shape index (κ2) is 5.97. The van der Waals surface area contributed by atoms with E-state index in [1.165, 1.54) is 12.1 Å². The molecule has 2 rings (SSSR count). The molecule has 106 valence electrons. The van der Waals surface area contributed by atoms with Gasteiger partial charge in [-0.2, -0.15) is 0 Å². The second-order valence-corrected chi connectivity index (χ2v) is 5.45. The largest absolute Gasteiger partial charge is 0.390 e. The SMILES string of the molecule is OC(Cc1cccc(F)c1F)C1(O)CCCCCC1. The van der Waals surface area contributed by atoms with E-state index in [2.05, 4.69) is 0 Å². The summed E-state index contributed by atoms with van der Waals surface area (Å²) in [6.07, 6.45) is 3.74. The topological polar surface area (TPSA) is 40.5 Å². The summed E-state index contributed by atoms with van der Waals surface area (Å²) >= 11 is 0. The Bertz CT molecular complexity index is 426. The first-order chi connectivity index (χ1) is 9.03. The van der Waals surface area contributed by atoms with Crippen molar-refractivity contribution in [3.05, 3.63) is 35.4 Å². The van der Waals surface area contributed by atoms with E-state index in [-0.39, 0.29) is 12.0 Å². The molecule has 1 unspecified atom stereocenters. The molecule has 0 spiro atoms. The van der Waals surface area contributed by atoms with Crippen molar-refractivity contribution in [3.8, 4) is 0 Å². The fourth-order valence-electron chi connectivity index (χ4n) is 2.78. The van der Waals surface area contributed by atoms with Crippen molar-refractivity contribution in [2.24, 2.45) is 0 Å². The standard InChI is InChI=1S/C15H20F2O2/c16-12-7-5-6-11(14(12)17)10-13(18)15(19)8-3-1-2-4-9-15/h5-7,13,18-19H,1-4,8-10H2. The fraction of sp³-hybridized carbons (Fsp3) is 0.600. The third-order valence-electron chi connectivity index (χ3n) is 4.03. The maximum Gasteiger partial charge on any atom is 0.162 e. The highest BCUT2D eigenvalue weighted by Crippen LogP contribution is 2.31. The number of halogens is 2. The number of hydrogen-bond acceptors (Lipinski definition) is 2. The van der Waals surface area contributed by atoms with E-state index in [4.69, 9.17) is 0 Å². The van der Waals surface area contributed by atoms with Crippen LogP contribution in [0.1, 0.15) is 44.1 Å². The Hall–Kier alpha value is -1.00. The minimum Gasteiger partial charge on any atom is -0.390 e. The number of aliphatic hydroxyl groups excluding tert-OH is 1. The van der Waals surface area contributed by atoms with Crippen molar-refractivity contribution in [1.82, 2.24) is 0 Å². The first-order valence-electron chi connectivity index (χ1n) is 6.86. The van der Waals surface area contributed by atoms with Gasteiger partial charge in [0.05, 0.1) is 11.7 Å². The highest BCUT2D eigenvalue weighted by molar-refractivity contribution is 5.20. The fourth-order valence-corrected chi connectivity index (χ4v) is 2.78. The summed E-state index contributed by atoms with van der Waals surface area (Å²) in [5.41, 5.74) is -1.06. The van der Waals surface area contributed by atoms with E-state index < -0.39 is 23.3 Å². The van der Waals surface area contributed by atoms with Crippen LogP contribution < -0.4 is 0 Å². The first-order valence-corrected chi connectivity index (χ1v) is 6.86. The summed E-state index contributed by atoms with van der Waals surface area (Å²) < 4.78 is 26.7. The summed E-state index contributed by atoms with van der Waals surface area (Å²) in [6.45, 7) is 0. The summed E-state index contributed by atoms with van der Waals surface area (Å²) in [4.78, 5) is 0. The third kappa shape index (κ3) is 3.31. The quantitative estimate of drug-likeness (QED) is 0.829. The van der Waals surface area contributed by atoms with Gasteiger partial charge in [-0.25, -0.2) is 8.78 Å². The second-order valence-electron chi connectivity index (χ2n) is 5.45. The van der Waals surface area contributed by atoms with Crippen LogP contribution in [0.4, 0.5) is 8.78 Å². The molecule has 4 heteroatoms. The lowest BCUT2D eigenvalue weighted by atomic mass is 9.85. The van der Waals surface area contributed by atoms with Crippen LogP contribution in [0.15, 0.2) is 18.2 Å². The van der Waals surface area contributed by atoms with Gasteiger partial charge < -0.3 is 10.2 Å². The smallest absolute Gasteiger partial charge is 0.162 e. The van der Waals surface area contributed by atoms with Crippen molar-refractivity contribution < 1.29 is 19.0 Å². The normalized spacial score (nSPS) is 20.8. The van der Waals surface area contributed by atoms with Crippen LogP contribution >= 0.6 is 0 Å². The molecule has 1 aliphatic carbocycles. The molecule has 0 bridgehead atoms. The molecule has 0 heterocycles. The van der Waals surface area contributed by atoms with E-state index in [1.54, 1.807) is 0 Å². The summed E-state index contributed by atoms with van der Waals surface area (Å²) in [6, 6.07) is 3.91. The van der Waals surface area contributed by atoms with Crippen LogP contribution in [0.25, 0.3) is 0 Å². The van der Waals surface area contributed by atoms with E-state index in [1.807, 2.05) is 0 Å². The van der Waals surface area contributed by atoms with Crippen LogP contribution in [0.2, 0.25) is 0 Å². The van der Waals surface area contributed by atoms with Crippen LogP contribution in [0.5, 0.6) is 0 Å². The van der Waals surface area contributed by atoms with Gasteiger partial charge in [0.25, 0.3) is 0 Å². The van der Waals surface area contributed by atoms with Crippen molar-refractivity contribution in [3.63, 3.8) is 0 Å². The van der Waals surface area contributed by atoms with Crippen LogP contribution in [0, 0.1) is 11.6 Å². The molecule has 1 aromatic carbocycles. The number of hydrogen-bond donors (Lipinski definition) is 2. The Morgan fingerprint density at radius 1 is 1.11 bits per heavy atom. The Kier molecular flexibility index (Phi) is 4.53. The van der Waals surface area contributed by atoms with Gasteiger partial charge in [-0.15, -0.1) is 0 Å². The first kappa shape index (κ1) is 14.4. The lowest BCUT2D eigenvalue weighted by Crippen LogP contribution is -2.43. The monoisotopic (exact) mass is 270 g/mol. The third-order valence-corrected chi connectivity index (χ3v) is 4.03. The highest BCUT2D eigenvalue weighted by atomic mass is 19.2. The predicted octanol–water partition coefficient (Wildman–Crippen LogP) is 2.95. The lowest BCUT2D eigenvalue weighted by Gasteiger charge is -2.32. The Balaban J connectivity index is 2.11. The molecule has 0 aromatic heterocycles. The number of aliphatic hydroxyl groups is 2. The van der Waals surface area contributed by atoms with Crippen LogP contribution in [-0.4, -0.2) is 21.9 Å². The minimum atomic E-state index is -1.17. The molecular formula is C15H20F2O2. The maximum atomic E-state index is 13.6. The molecule has 1 fully saturated rings. The molecule has 1 saturated carbocycles. The average Bonchev–Trinajstić information content (AvgIpc) is 2.61. The number of benzene rings is 1. The van der Waals surface area contributed by atoms with E-state index >= 15 is 0 Å². The average molecular weight is 270 g/mol. The Labute approximate surface area is 112 Å². The zero-order chi connectivity index (χ0) is 13.9. The zero-order valence-electron chi connectivity index (χ0n) is 10.9. The van der Waals surface area contributed by atoms with Gasteiger partial charge in [-0.3, -0.25) is 0 Å². The highest BCUT2D eigenvalue weighted by Gasteiger charge is 2.36. The zero-order valence-corrected chi connectivity index (χ0v) is 10.9. The molecule has 19 heavy (non-hydrogen) atoms. The van der Waals surface area contributed by atoms with Gasteiger partial charge in [-0.05, 0) is 24.5 Å². The van der Waals surface area contributed by atoms with Gasteiger partial charge >= 0.3 is 0 Å². The van der Waals surface area contributed by atoms with E-state index in [0.29, 0.717) is 12.8 Å². The summed E-state index contributed by atoms with van der Waals surface area (Å²) in [5, 5.41) is 20.7. The van der Waals surface area contributed by atoms with Gasteiger partial charge in [0.15, 0.2) is 11.6 Å². The summed E-state index contributed by atoms with van der Waals surface area (Å²) in [7, 11) is 0. The molecule has 2 nitrogen and oxygen atoms in total. The lowest BCUT2D eigenvalue weighted by molar-refractivity contribution is -0.0839. The molecule has 0 saturated heterocycles. The van der Waals surface area contributed by atoms with Gasteiger partial charge in [0, 0.05) is 6.42 Å². The number of rotatable bonds is 3. The van der Waals surface area contributed by atoms with E-state index in [0.717, 1.165) is 31.7 Å². The van der Waals surface area contributed by atoms with Gasteiger partial charge in [-0.1, -0.05) is 37.8 Å². The van der Waals surface area contributed by atoms with Crippen LogP contribution in [-0.2, 0) is 6.42 Å². The van der Waals surface area contributed by atoms with Crippen molar-refractivity contribution >= 4 is 0 Å². The minimum absolute atomic E-state index is 0.0555. The molecule has 0 radical (unpaired) electrons. The maximum absolute atomic E-state index is 13.6. The van der Waals surface area contributed by atoms with Crippen LogP contribution in [0.3, 0.4) is 0 Å². The molecular weight excluding hydrogens is 250 g/mol. The molecule has 0 aliphatic heterocycles.